The van der Waals surface area contributed by atoms with Crippen molar-refractivity contribution < 1.29 is 9.53 Å². The molecule has 0 saturated carbocycles. The topological polar surface area (TPSA) is 26.3 Å². The first-order valence-electron chi connectivity index (χ1n) is 9.09. The number of thioether (sulfide) groups is 2. The summed E-state index contributed by atoms with van der Waals surface area (Å²) in [5.41, 5.74) is 0. The molecule has 0 aromatic carbocycles. The number of ether oxygens (including phenoxy) is 1. The lowest BCUT2D eigenvalue weighted by atomic mass is 10.2. The summed E-state index contributed by atoms with van der Waals surface area (Å²) in [7, 11) is 0. The van der Waals surface area contributed by atoms with E-state index in [-0.39, 0.29) is 6.10 Å². The first-order valence-corrected chi connectivity index (χ1v) is 11.4. The molecule has 0 aliphatic heterocycles. The van der Waals surface area contributed by atoms with Gasteiger partial charge in [0.2, 0.25) is 0 Å². The molecule has 4 heteroatoms. The van der Waals surface area contributed by atoms with Crippen LogP contribution in [0.25, 0.3) is 0 Å². The zero-order valence-electron chi connectivity index (χ0n) is 14.7. The highest BCUT2D eigenvalue weighted by Gasteiger charge is 2.09. The highest BCUT2D eigenvalue weighted by Crippen LogP contribution is 2.16. The summed E-state index contributed by atoms with van der Waals surface area (Å²) in [6.45, 7) is 5.11. The van der Waals surface area contributed by atoms with E-state index in [0.29, 0.717) is 6.47 Å². The van der Waals surface area contributed by atoms with Crippen molar-refractivity contribution in [2.45, 2.75) is 84.2 Å². The Morgan fingerprint density at radius 2 is 1.23 bits per heavy atom. The van der Waals surface area contributed by atoms with Crippen molar-refractivity contribution in [2.75, 3.05) is 23.0 Å². The van der Waals surface area contributed by atoms with Crippen LogP contribution in [-0.4, -0.2) is 35.6 Å². The van der Waals surface area contributed by atoms with Gasteiger partial charge in [0.1, 0.15) is 6.10 Å². The summed E-state index contributed by atoms with van der Waals surface area (Å²) in [5, 5.41) is 0. The third-order valence-electron chi connectivity index (χ3n) is 3.64. The van der Waals surface area contributed by atoms with E-state index in [1.54, 1.807) is 0 Å². The molecule has 2 nitrogen and oxygen atoms in total. The van der Waals surface area contributed by atoms with E-state index in [9.17, 15) is 4.79 Å². The number of rotatable bonds is 18. The van der Waals surface area contributed by atoms with Gasteiger partial charge in [0.05, 0.1) is 0 Å². The van der Waals surface area contributed by atoms with Crippen molar-refractivity contribution in [1.29, 1.82) is 0 Å². The minimum absolute atomic E-state index is 0.0961. The fourth-order valence-electron chi connectivity index (χ4n) is 2.25. The van der Waals surface area contributed by atoms with E-state index >= 15 is 0 Å². The van der Waals surface area contributed by atoms with Crippen LogP contribution in [0.15, 0.2) is 0 Å². The molecule has 0 atom stereocenters. The molecule has 22 heavy (non-hydrogen) atoms. The third kappa shape index (κ3) is 16.5. The lowest BCUT2D eigenvalue weighted by molar-refractivity contribution is -0.131. The number of hydrogen-bond donors (Lipinski definition) is 0. The van der Waals surface area contributed by atoms with Gasteiger partial charge in [-0.15, -0.1) is 0 Å². The summed E-state index contributed by atoms with van der Waals surface area (Å²) in [5.74, 6) is 4.30. The third-order valence-corrected chi connectivity index (χ3v) is 6.01. The van der Waals surface area contributed by atoms with Gasteiger partial charge in [-0.3, -0.25) is 4.79 Å². The second kappa shape index (κ2) is 19.2. The van der Waals surface area contributed by atoms with Crippen molar-refractivity contribution in [1.82, 2.24) is 0 Å². The van der Waals surface area contributed by atoms with Crippen molar-refractivity contribution in [3.63, 3.8) is 0 Å². The Bertz CT molecular complexity index is 207. The summed E-state index contributed by atoms with van der Waals surface area (Å²) in [6, 6.07) is 0. The van der Waals surface area contributed by atoms with E-state index in [1.165, 1.54) is 75.7 Å². The minimum Gasteiger partial charge on any atom is -0.463 e. The van der Waals surface area contributed by atoms with Crippen LogP contribution >= 0.6 is 23.5 Å². The number of carbonyl (C=O) groups excluding carboxylic acids is 1. The highest BCUT2D eigenvalue weighted by atomic mass is 32.2. The quantitative estimate of drug-likeness (QED) is 0.226. The zero-order chi connectivity index (χ0) is 16.3. The van der Waals surface area contributed by atoms with Crippen LogP contribution in [0.1, 0.15) is 78.1 Å². The Kier molecular flexibility index (Phi) is 19.4. The van der Waals surface area contributed by atoms with Crippen LogP contribution in [0.3, 0.4) is 0 Å². The van der Waals surface area contributed by atoms with E-state index in [2.05, 4.69) is 13.8 Å². The van der Waals surface area contributed by atoms with Gasteiger partial charge in [-0.05, 0) is 24.3 Å². The number of hydrogen-bond acceptors (Lipinski definition) is 4. The Morgan fingerprint density at radius 3 is 1.64 bits per heavy atom. The summed E-state index contributed by atoms with van der Waals surface area (Å²) in [6.07, 6.45) is 13.4. The van der Waals surface area contributed by atoms with Crippen molar-refractivity contribution in [3.05, 3.63) is 0 Å². The molecule has 132 valence electrons. The molecule has 0 aromatic rings. The molecule has 0 rings (SSSR count). The van der Waals surface area contributed by atoms with Crippen molar-refractivity contribution >= 4 is 30.0 Å². The molecular formula is C18H36O2S2. The minimum atomic E-state index is 0.0961. The SMILES string of the molecule is CCCCCCCSCC(CSCCCCCCC)OC=O. The van der Waals surface area contributed by atoms with Crippen LogP contribution < -0.4 is 0 Å². The van der Waals surface area contributed by atoms with Gasteiger partial charge in [0, 0.05) is 11.5 Å². The van der Waals surface area contributed by atoms with Gasteiger partial charge < -0.3 is 4.74 Å². The van der Waals surface area contributed by atoms with Gasteiger partial charge in [-0.1, -0.05) is 65.2 Å². The van der Waals surface area contributed by atoms with Crippen LogP contribution in [0, 0.1) is 0 Å². The van der Waals surface area contributed by atoms with E-state index in [1.807, 2.05) is 23.5 Å². The van der Waals surface area contributed by atoms with Crippen LogP contribution in [0.4, 0.5) is 0 Å². The lowest BCUT2D eigenvalue weighted by Crippen LogP contribution is -2.19. The molecule has 0 aliphatic carbocycles. The monoisotopic (exact) mass is 348 g/mol. The smallest absolute Gasteiger partial charge is 0.293 e. The van der Waals surface area contributed by atoms with Gasteiger partial charge in [0.25, 0.3) is 6.47 Å². The maximum Gasteiger partial charge on any atom is 0.293 e. The highest BCUT2D eigenvalue weighted by molar-refractivity contribution is 8.00. The molecule has 0 N–H and O–H groups in total. The molecule has 0 radical (unpaired) electrons. The standard InChI is InChI=1S/C18H36O2S2/c1-3-5-7-9-11-13-21-15-18(20-17-19)16-22-14-12-10-8-6-4-2/h17-18H,3-16H2,1-2H3. The number of carbonyl (C=O) groups is 1. The summed E-state index contributed by atoms with van der Waals surface area (Å²) in [4.78, 5) is 10.6. The molecule has 0 spiro atoms. The molecule has 0 bridgehead atoms. The maximum absolute atomic E-state index is 10.6. The number of unbranched alkanes of at least 4 members (excludes halogenated alkanes) is 8. The average Bonchev–Trinajstić information content (AvgIpc) is 2.53. The van der Waals surface area contributed by atoms with Crippen molar-refractivity contribution in [3.8, 4) is 0 Å². The van der Waals surface area contributed by atoms with Crippen LogP contribution in [0.5, 0.6) is 0 Å². The Balaban J connectivity index is 3.46. The van der Waals surface area contributed by atoms with Crippen molar-refractivity contribution in [2.24, 2.45) is 0 Å². The summed E-state index contributed by atoms with van der Waals surface area (Å²) >= 11 is 3.87. The maximum atomic E-state index is 10.6. The van der Waals surface area contributed by atoms with Gasteiger partial charge in [0.15, 0.2) is 0 Å². The molecule has 0 amide bonds. The molecule has 0 unspecified atom stereocenters. The largest absolute Gasteiger partial charge is 0.463 e. The Labute approximate surface area is 146 Å². The molecule has 0 aromatic heterocycles. The van der Waals surface area contributed by atoms with Crippen LogP contribution in [0.2, 0.25) is 0 Å². The average molecular weight is 349 g/mol. The molecule has 0 aliphatic rings. The first-order chi connectivity index (χ1) is 10.8. The van der Waals surface area contributed by atoms with E-state index < -0.39 is 0 Å². The van der Waals surface area contributed by atoms with Gasteiger partial charge in [-0.2, -0.15) is 23.5 Å². The first kappa shape index (κ1) is 22.2. The van der Waals surface area contributed by atoms with Gasteiger partial charge in [-0.25, -0.2) is 0 Å². The Hall–Kier alpha value is 0.170. The predicted octanol–water partition coefficient (Wildman–Crippen LogP) is 5.94. The fourth-order valence-corrected chi connectivity index (χ4v) is 4.47. The predicted molar refractivity (Wildman–Crippen MR) is 103 cm³/mol. The molecule has 0 fully saturated rings. The second-order valence-electron chi connectivity index (χ2n) is 5.83. The van der Waals surface area contributed by atoms with Gasteiger partial charge >= 0.3 is 0 Å². The lowest BCUT2D eigenvalue weighted by Gasteiger charge is -2.14. The molecule has 0 saturated heterocycles. The second-order valence-corrected chi connectivity index (χ2v) is 8.13. The van der Waals surface area contributed by atoms with E-state index in [0.717, 1.165) is 11.5 Å². The van der Waals surface area contributed by atoms with Crippen LogP contribution in [-0.2, 0) is 9.53 Å². The summed E-state index contributed by atoms with van der Waals surface area (Å²) < 4.78 is 5.21. The molecule has 0 heterocycles. The fraction of sp³-hybridized carbons (Fsp3) is 0.944. The normalized spacial score (nSPS) is 11.0. The molecular weight excluding hydrogens is 312 g/mol. The zero-order valence-corrected chi connectivity index (χ0v) is 16.3. The van der Waals surface area contributed by atoms with E-state index in [4.69, 9.17) is 4.74 Å². The Morgan fingerprint density at radius 1 is 0.773 bits per heavy atom.